The largest absolute Gasteiger partial charge is 0.460 e. The molecule has 3 aromatic rings. The van der Waals surface area contributed by atoms with E-state index in [2.05, 4.69) is 27.1 Å². The number of aromatic nitrogens is 3. The van der Waals surface area contributed by atoms with Gasteiger partial charge < -0.3 is 19.4 Å². The van der Waals surface area contributed by atoms with Gasteiger partial charge in [0.25, 0.3) is 0 Å². The number of carbonyl (C=O) groups excluding carboxylic acids is 2. The number of carbonyl (C=O) groups is 2. The second-order valence-corrected chi connectivity index (χ2v) is 12.8. The van der Waals surface area contributed by atoms with E-state index in [1.807, 2.05) is 40.7 Å². The van der Waals surface area contributed by atoms with Gasteiger partial charge in [-0.2, -0.15) is 0 Å². The zero-order valence-electron chi connectivity index (χ0n) is 25.0. The fraction of sp³-hybridized carbons (Fsp3) is 0.548. The van der Waals surface area contributed by atoms with E-state index in [0.717, 1.165) is 23.5 Å². The minimum atomic E-state index is -0.545. The molecule has 4 heterocycles. The molecular weight excluding hydrogens is 523 g/mol. The van der Waals surface area contributed by atoms with E-state index in [1.165, 1.54) is 25.1 Å². The molecule has 1 fully saturated rings. The molecule has 2 aliphatic rings. The molecule has 0 spiro atoms. The van der Waals surface area contributed by atoms with Crippen LogP contribution >= 0.6 is 0 Å². The number of urea groups is 1. The van der Waals surface area contributed by atoms with Crippen LogP contribution in [0.3, 0.4) is 0 Å². The number of halogens is 1. The van der Waals surface area contributed by atoms with Gasteiger partial charge in [0.15, 0.2) is 5.82 Å². The van der Waals surface area contributed by atoms with Gasteiger partial charge in [-0.25, -0.2) is 19.2 Å². The van der Waals surface area contributed by atoms with Crippen molar-refractivity contribution in [3.8, 4) is 0 Å². The number of aryl methyl sites for hydroxylation is 1. The summed E-state index contributed by atoms with van der Waals surface area (Å²) in [5.74, 6) is -0.300. The number of rotatable bonds is 9. The highest BCUT2D eigenvalue weighted by Gasteiger charge is 2.40. The van der Waals surface area contributed by atoms with Crippen molar-refractivity contribution in [2.75, 3.05) is 34.8 Å². The van der Waals surface area contributed by atoms with E-state index in [0.29, 0.717) is 43.8 Å². The molecule has 3 aromatic heterocycles. The molecule has 5 rings (SSSR count). The predicted octanol–water partition coefficient (Wildman–Crippen LogP) is 6.14. The van der Waals surface area contributed by atoms with Gasteiger partial charge in [-0.05, 0) is 71.3 Å². The number of ether oxygens (including phenoxy) is 1. The number of hydrogen-bond donors (Lipinski definition) is 1. The van der Waals surface area contributed by atoms with Crippen molar-refractivity contribution in [1.29, 1.82) is 0 Å². The summed E-state index contributed by atoms with van der Waals surface area (Å²) in [6.45, 7) is 13.8. The van der Waals surface area contributed by atoms with Crippen LogP contribution in [0.4, 0.5) is 26.4 Å². The number of imidazole rings is 1. The van der Waals surface area contributed by atoms with Gasteiger partial charge in [0.05, 0.1) is 17.3 Å². The Labute approximate surface area is 241 Å². The van der Waals surface area contributed by atoms with E-state index >= 15 is 0 Å². The number of fused-ring (bicyclic) bond motifs is 2. The first-order valence-electron chi connectivity index (χ1n) is 14.5. The summed E-state index contributed by atoms with van der Waals surface area (Å²) in [7, 11) is 0. The second-order valence-electron chi connectivity index (χ2n) is 12.8. The summed E-state index contributed by atoms with van der Waals surface area (Å²) in [6.07, 6.45) is 9.42. The molecule has 0 radical (unpaired) electrons. The Kier molecular flexibility index (Phi) is 7.70. The normalized spacial score (nSPS) is 16.4. The lowest BCUT2D eigenvalue weighted by atomic mass is 10.00. The molecular formula is C31H41FN6O3. The van der Waals surface area contributed by atoms with Crippen LogP contribution in [0, 0.1) is 24.1 Å². The molecule has 1 saturated carbocycles. The average molecular weight is 565 g/mol. The molecule has 1 aliphatic carbocycles. The predicted molar refractivity (Wildman–Crippen MR) is 158 cm³/mol. The third-order valence-corrected chi connectivity index (χ3v) is 8.00. The van der Waals surface area contributed by atoms with Crippen LogP contribution in [0.1, 0.15) is 71.6 Å². The molecule has 0 saturated heterocycles. The third-order valence-electron chi connectivity index (χ3n) is 8.00. The van der Waals surface area contributed by atoms with Crippen molar-refractivity contribution < 1.29 is 18.7 Å². The van der Waals surface area contributed by atoms with Crippen molar-refractivity contribution >= 4 is 34.8 Å². The first kappa shape index (κ1) is 28.8. The topological polar surface area (TPSA) is 92.1 Å². The van der Waals surface area contributed by atoms with Crippen LogP contribution in [-0.4, -0.2) is 51.6 Å². The molecule has 0 bridgehead atoms. The van der Waals surface area contributed by atoms with Gasteiger partial charge in [0, 0.05) is 55.5 Å². The van der Waals surface area contributed by atoms with Crippen molar-refractivity contribution in [3.63, 3.8) is 0 Å². The number of pyridine rings is 2. The van der Waals surface area contributed by atoms with Gasteiger partial charge in [-0.15, -0.1) is 0 Å². The summed E-state index contributed by atoms with van der Waals surface area (Å²) in [5.41, 5.74) is 3.09. The summed E-state index contributed by atoms with van der Waals surface area (Å²) in [5, 5.41) is 2.73. The molecule has 1 unspecified atom stereocenters. The Morgan fingerprint density at radius 3 is 2.71 bits per heavy atom. The lowest BCUT2D eigenvalue weighted by Gasteiger charge is -2.31. The van der Waals surface area contributed by atoms with E-state index in [1.54, 1.807) is 21.7 Å². The maximum absolute atomic E-state index is 14.8. The number of anilines is 3. The molecule has 41 heavy (non-hydrogen) atoms. The molecule has 1 atom stereocenters. The van der Waals surface area contributed by atoms with Gasteiger partial charge >= 0.3 is 12.0 Å². The molecule has 10 heteroatoms. The molecule has 220 valence electrons. The fourth-order valence-corrected chi connectivity index (χ4v) is 5.48. The van der Waals surface area contributed by atoms with Crippen molar-refractivity contribution in [3.05, 3.63) is 47.8 Å². The summed E-state index contributed by atoms with van der Waals surface area (Å²) < 4.78 is 22.2. The molecule has 1 N–H and O–H groups in total. The average Bonchev–Trinajstić information content (AvgIpc) is 3.28. The van der Waals surface area contributed by atoms with Crippen molar-refractivity contribution in [1.82, 2.24) is 14.4 Å². The number of amides is 2. The Balaban J connectivity index is 1.35. The van der Waals surface area contributed by atoms with Crippen LogP contribution < -0.4 is 15.1 Å². The quantitative estimate of drug-likeness (QED) is 0.314. The Morgan fingerprint density at radius 1 is 1.27 bits per heavy atom. The van der Waals surface area contributed by atoms with Gasteiger partial charge in [0.2, 0.25) is 0 Å². The number of esters is 1. The van der Waals surface area contributed by atoms with Crippen LogP contribution in [0.5, 0.6) is 0 Å². The van der Waals surface area contributed by atoms with Crippen LogP contribution in [0.25, 0.3) is 5.65 Å². The zero-order valence-corrected chi connectivity index (χ0v) is 25.0. The van der Waals surface area contributed by atoms with Crippen LogP contribution in [0.2, 0.25) is 0 Å². The summed E-state index contributed by atoms with van der Waals surface area (Å²) >= 11 is 0. The van der Waals surface area contributed by atoms with Crippen molar-refractivity contribution in [2.24, 2.45) is 11.3 Å². The van der Waals surface area contributed by atoms with Crippen molar-refractivity contribution in [2.45, 2.75) is 79.2 Å². The van der Waals surface area contributed by atoms with Gasteiger partial charge in [0.1, 0.15) is 17.1 Å². The highest BCUT2D eigenvalue weighted by molar-refractivity contribution is 6.03. The molecule has 2 amide bonds. The summed E-state index contributed by atoms with van der Waals surface area (Å²) in [4.78, 5) is 39.0. The Hall–Kier alpha value is -3.69. The Morgan fingerprint density at radius 2 is 2.02 bits per heavy atom. The monoisotopic (exact) mass is 564 g/mol. The first-order valence-corrected chi connectivity index (χ1v) is 14.5. The SMILES string of the molecule is CCC(CCN(CC1(C)CC1)c1ccnc2c1CCN2C(=O)Nc1cn2cc(C)nc2cc1F)C(=O)OC(C)(C)C. The van der Waals surface area contributed by atoms with Crippen LogP contribution in [-0.2, 0) is 16.0 Å². The second kappa shape index (κ2) is 10.9. The summed E-state index contributed by atoms with van der Waals surface area (Å²) in [6, 6.07) is 2.89. The van der Waals surface area contributed by atoms with Crippen LogP contribution in [0.15, 0.2) is 30.7 Å². The number of hydrogen-bond acceptors (Lipinski definition) is 6. The fourth-order valence-electron chi connectivity index (χ4n) is 5.48. The minimum absolute atomic E-state index is 0.0838. The lowest BCUT2D eigenvalue weighted by Crippen LogP contribution is -2.35. The lowest BCUT2D eigenvalue weighted by molar-refractivity contribution is -0.160. The maximum Gasteiger partial charge on any atom is 0.327 e. The standard InChI is InChI=1S/C31H41FN6O3/c1-7-21(28(39)41-30(3,4)5)9-14-36(19-31(6)11-12-31)25-8-13-33-27-22(25)10-15-38(27)29(40)35-24-18-37-17-20(2)34-26(37)16-23(24)32/h8,13,16-18,21H,7,9-12,14-15,19H2,1-6H3,(H,35,40). The molecule has 9 nitrogen and oxygen atoms in total. The maximum atomic E-state index is 14.8. The van der Waals surface area contributed by atoms with Gasteiger partial charge in [-0.3, -0.25) is 9.69 Å². The third kappa shape index (κ3) is 6.47. The van der Waals surface area contributed by atoms with E-state index in [4.69, 9.17) is 4.74 Å². The smallest absolute Gasteiger partial charge is 0.327 e. The number of nitrogens with zero attached hydrogens (tertiary/aromatic N) is 5. The zero-order chi connectivity index (χ0) is 29.5. The molecule has 0 aromatic carbocycles. The molecule has 1 aliphatic heterocycles. The highest BCUT2D eigenvalue weighted by Crippen LogP contribution is 2.47. The Bertz CT molecular complexity index is 1460. The highest BCUT2D eigenvalue weighted by atomic mass is 19.1. The minimum Gasteiger partial charge on any atom is -0.460 e. The van der Waals surface area contributed by atoms with E-state index in [9.17, 15) is 14.0 Å². The van der Waals surface area contributed by atoms with E-state index in [-0.39, 0.29) is 23.0 Å². The number of nitrogens with one attached hydrogen (secondary N) is 1. The van der Waals surface area contributed by atoms with Gasteiger partial charge in [-0.1, -0.05) is 13.8 Å². The first-order chi connectivity index (χ1) is 19.4. The van der Waals surface area contributed by atoms with E-state index < -0.39 is 17.4 Å².